The van der Waals surface area contributed by atoms with Gasteiger partial charge in [-0.15, -0.1) is 11.8 Å². The molecule has 78 valence electrons. The van der Waals surface area contributed by atoms with E-state index in [1.165, 1.54) is 11.3 Å². The monoisotopic (exact) mass is 210 g/mol. The van der Waals surface area contributed by atoms with Crippen molar-refractivity contribution in [3.05, 3.63) is 24.3 Å². The molecule has 0 spiro atoms. The molecule has 0 radical (unpaired) electrons. The molecule has 0 saturated carbocycles. The second-order valence-corrected chi connectivity index (χ2v) is 5.67. The molecule has 14 heavy (non-hydrogen) atoms. The highest BCUT2D eigenvalue weighted by Gasteiger charge is 2.16. The average molecular weight is 210 g/mol. The van der Waals surface area contributed by atoms with Crippen LogP contribution in [-0.4, -0.2) is 11.9 Å². The topological polar surface area (TPSA) is 9.23 Å². The molecular weight excluding hydrogens is 192 g/mol. The van der Waals surface area contributed by atoms with Crippen molar-refractivity contribution in [2.24, 2.45) is 0 Å². The zero-order valence-corrected chi connectivity index (χ0v) is 10.1. The molecule has 0 amide bonds. The van der Waals surface area contributed by atoms with Crippen LogP contribution >= 0.6 is 11.8 Å². The first-order valence-corrected chi connectivity index (χ1v) is 5.72. The fourth-order valence-corrected chi connectivity index (χ4v) is 2.09. The van der Waals surface area contributed by atoms with E-state index >= 15 is 0 Å². The first kappa shape index (κ1) is 11.4. The van der Waals surface area contributed by atoms with Gasteiger partial charge in [0.05, 0.1) is 7.11 Å². The quantitative estimate of drug-likeness (QED) is 0.695. The zero-order chi connectivity index (χ0) is 10.6. The maximum atomic E-state index is 5.12. The second kappa shape index (κ2) is 4.74. The Morgan fingerprint density at radius 3 is 2.21 bits per heavy atom. The van der Waals surface area contributed by atoms with Crippen LogP contribution in [0, 0.1) is 0 Å². The molecular formula is C12H18OS. The van der Waals surface area contributed by atoms with Crippen molar-refractivity contribution in [3.8, 4) is 5.75 Å². The molecule has 2 heteroatoms. The van der Waals surface area contributed by atoms with Gasteiger partial charge in [-0.05, 0) is 30.7 Å². The predicted octanol–water partition coefficient (Wildman–Crippen LogP) is 3.98. The van der Waals surface area contributed by atoms with Crippen molar-refractivity contribution in [3.63, 3.8) is 0 Å². The fourth-order valence-electron chi connectivity index (χ4n) is 1.03. The lowest BCUT2D eigenvalue weighted by atomic mass is 10.1. The summed E-state index contributed by atoms with van der Waals surface area (Å²) >= 11 is 1.91. The van der Waals surface area contributed by atoms with E-state index in [1.807, 2.05) is 23.9 Å². The van der Waals surface area contributed by atoms with Gasteiger partial charge in [-0.25, -0.2) is 0 Å². The van der Waals surface area contributed by atoms with Gasteiger partial charge in [-0.3, -0.25) is 0 Å². The van der Waals surface area contributed by atoms with E-state index in [2.05, 4.69) is 32.9 Å². The van der Waals surface area contributed by atoms with Gasteiger partial charge in [0.1, 0.15) is 5.75 Å². The Morgan fingerprint density at radius 2 is 1.79 bits per heavy atom. The molecule has 1 rings (SSSR count). The average Bonchev–Trinajstić information content (AvgIpc) is 2.19. The van der Waals surface area contributed by atoms with Crippen LogP contribution in [0.15, 0.2) is 29.2 Å². The number of methoxy groups -OCH3 is 1. The Balaban J connectivity index is 2.69. The summed E-state index contributed by atoms with van der Waals surface area (Å²) in [6, 6.07) is 8.24. The summed E-state index contributed by atoms with van der Waals surface area (Å²) < 4.78 is 5.43. The number of hydrogen-bond acceptors (Lipinski definition) is 2. The highest BCUT2D eigenvalue weighted by molar-refractivity contribution is 8.00. The van der Waals surface area contributed by atoms with Gasteiger partial charge >= 0.3 is 0 Å². The Labute approximate surface area is 90.9 Å². The summed E-state index contributed by atoms with van der Waals surface area (Å²) in [4.78, 5) is 1.30. The number of benzene rings is 1. The van der Waals surface area contributed by atoms with E-state index in [-0.39, 0.29) is 0 Å². The molecule has 0 aliphatic carbocycles. The first-order chi connectivity index (χ1) is 6.57. The van der Waals surface area contributed by atoms with E-state index in [1.54, 1.807) is 7.11 Å². The largest absolute Gasteiger partial charge is 0.497 e. The van der Waals surface area contributed by atoms with Gasteiger partial charge in [-0.2, -0.15) is 0 Å². The maximum Gasteiger partial charge on any atom is 0.118 e. The van der Waals surface area contributed by atoms with Crippen LogP contribution in [0.2, 0.25) is 0 Å². The smallest absolute Gasteiger partial charge is 0.118 e. The van der Waals surface area contributed by atoms with Crippen LogP contribution in [0.3, 0.4) is 0 Å². The van der Waals surface area contributed by atoms with Gasteiger partial charge in [0, 0.05) is 9.64 Å². The highest BCUT2D eigenvalue weighted by atomic mass is 32.2. The molecule has 0 aliphatic rings. The van der Waals surface area contributed by atoms with Crippen molar-refractivity contribution in [1.82, 2.24) is 0 Å². The molecule has 0 saturated heterocycles. The van der Waals surface area contributed by atoms with Gasteiger partial charge < -0.3 is 4.74 Å². The molecule has 0 unspecified atom stereocenters. The van der Waals surface area contributed by atoms with E-state index in [0.717, 1.165) is 5.75 Å². The predicted molar refractivity (Wildman–Crippen MR) is 63.2 cm³/mol. The Bertz CT molecular complexity index is 277. The van der Waals surface area contributed by atoms with Gasteiger partial charge in [-0.1, -0.05) is 20.8 Å². The molecule has 1 aromatic carbocycles. The van der Waals surface area contributed by atoms with Crippen LogP contribution in [0.4, 0.5) is 0 Å². The van der Waals surface area contributed by atoms with Crippen LogP contribution in [-0.2, 0) is 0 Å². The Kier molecular flexibility index (Phi) is 3.87. The number of ether oxygens (including phenoxy) is 1. The van der Waals surface area contributed by atoms with Crippen molar-refractivity contribution in [2.75, 3.05) is 7.11 Å². The Morgan fingerprint density at radius 1 is 1.21 bits per heavy atom. The van der Waals surface area contributed by atoms with E-state index in [9.17, 15) is 0 Å². The number of rotatable bonds is 4. The number of hydrogen-bond donors (Lipinski definition) is 0. The third-order valence-electron chi connectivity index (χ3n) is 2.31. The molecule has 0 bridgehead atoms. The van der Waals surface area contributed by atoms with Crippen LogP contribution in [0.25, 0.3) is 0 Å². The summed E-state index contributed by atoms with van der Waals surface area (Å²) in [5, 5.41) is 0. The Hall–Kier alpha value is -0.630. The van der Waals surface area contributed by atoms with Crippen molar-refractivity contribution in [1.29, 1.82) is 0 Å². The maximum absolute atomic E-state index is 5.12. The fraction of sp³-hybridized carbons (Fsp3) is 0.500. The molecule has 0 atom stereocenters. The van der Waals surface area contributed by atoms with Gasteiger partial charge in [0.15, 0.2) is 0 Å². The van der Waals surface area contributed by atoms with E-state index < -0.39 is 0 Å². The number of thioether (sulfide) groups is 1. The summed E-state index contributed by atoms with van der Waals surface area (Å²) in [6.45, 7) is 6.75. The minimum atomic E-state index is 0.314. The van der Waals surface area contributed by atoms with E-state index in [0.29, 0.717) is 4.75 Å². The van der Waals surface area contributed by atoms with Crippen LogP contribution in [0.1, 0.15) is 27.2 Å². The van der Waals surface area contributed by atoms with Crippen molar-refractivity contribution < 1.29 is 4.74 Å². The second-order valence-electron chi connectivity index (χ2n) is 3.89. The molecule has 1 aromatic rings. The van der Waals surface area contributed by atoms with Crippen LogP contribution < -0.4 is 4.74 Å². The zero-order valence-electron chi connectivity index (χ0n) is 9.33. The van der Waals surface area contributed by atoms with Crippen LogP contribution in [0.5, 0.6) is 5.75 Å². The van der Waals surface area contributed by atoms with Crippen molar-refractivity contribution in [2.45, 2.75) is 36.8 Å². The molecule has 0 fully saturated rings. The summed E-state index contributed by atoms with van der Waals surface area (Å²) in [7, 11) is 1.69. The lowest BCUT2D eigenvalue weighted by Crippen LogP contribution is -2.11. The lowest BCUT2D eigenvalue weighted by molar-refractivity contribution is 0.414. The van der Waals surface area contributed by atoms with E-state index in [4.69, 9.17) is 4.74 Å². The minimum absolute atomic E-state index is 0.314. The summed E-state index contributed by atoms with van der Waals surface area (Å²) in [6.07, 6.45) is 1.17. The molecule has 0 aromatic heterocycles. The van der Waals surface area contributed by atoms with Crippen molar-refractivity contribution >= 4 is 11.8 Å². The standard InChI is InChI=1S/C12H18OS/c1-5-12(2,3)14-11-8-6-10(13-4)7-9-11/h6-9H,5H2,1-4H3. The minimum Gasteiger partial charge on any atom is -0.497 e. The highest BCUT2D eigenvalue weighted by Crippen LogP contribution is 2.35. The van der Waals surface area contributed by atoms with Gasteiger partial charge in [0.2, 0.25) is 0 Å². The normalized spacial score (nSPS) is 11.4. The first-order valence-electron chi connectivity index (χ1n) is 4.90. The third kappa shape index (κ3) is 3.26. The molecule has 0 N–H and O–H groups in total. The SMILES string of the molecule is CCC(C)(C)Sc1ccc(OC)cc1. The third-order valence-corrected chi connectivity index (χ3v) is 3.65. The van der Waals surface area contributed by atoms with Gasteiger partial charge in [0.25, 0.3) is 0 Å². The molecule has 1 nitrogen and oxygen atoms in total. The summed E-state index contributed by atoms with van der Waals surface area (Å²) in [5.41, 5.74) is 0. The lowest BCUT2D eigenvalue weighted by Gasteiger charge is -2.21. The molecule has 0 heterocycles. The molecule has 0 aliphatic heterocycles. The summed E-state index contributed by atoms with van der Waals surface area (Å²) in [5.74, 6) is 0.920.